The largest absolute Gasteiger partial charge is 0.480 e. The van der Waals surface area contributed by atoms with Crippen molar-refractivity contribution in [3.05, 3.63) is 0 Å². The predicted molar refractivity (Wildman–Crippen MR) is 83.2 cm³/mol. The summed E-state index contributed by atoms with van der Waals surface area (Å²) in [5, 5.41) is 11.9. The van der Waals surface area contributed by atoms with Gasteiger partial charge in [0.25, 0.3) is 0 Å². The summed E-state index contributed by atoms with van der Waals surface area (Å²) in [4.78, 5) is 25.3. The van der Waals surface area contributed by atoms with Crippen molar-refractivity contribution in [3.63, 3.8) is 0 Å². The fourth-order valence-corrected chi connectivity index (χ4v) is 2.81. The smallest absolute Gasteiger partial charge is 0.326 e. The van der Waals surface area contributed by atoms with E-state index in [0.29, 0.717) is 19.0 Å². The number of likely N-dealkylation sites (tertiary alicyclic amines) is 1. The Hall–Kier alpha value is -1.26. The second-order valence-corrected chi connectivity index (χ2v) is 8.21. The van der Waals surface area contributed by atoms with Crippen LogP contribution < -0.4 is 5.32 Å². The maximum absolute atomic E-state index is 12.3. The predicted octanol–water partition coefficient (Wildman–Crippen LogP) is 2.95. The number of nitrogens with one attached hydrogen (secondary N) is 1. The van der Waals surface area contributed by atoms with Crippen molar-refractivity contribution in [2.45, 2.75) is 60.4 Å². The first-order valence-corrected chi connectivity index (χ1v) is 7.71. The third-order valence-electron chi connectivity index (χ3n) is 4.39. The summed E-state index contributed by atoms with van der Waals surface area (Å²) in [6.07, 6.45) is 1.95. The van der Waals surface area contributed by atoms with E-state index in [9.17, 15) is 14.7 Å². The van der Waals surface area contributed by atoms with Crippen LogP contribution in [0.4, 0.5) is 4.79 Å². The van der Waals surface area contributed by atoms with Crippen LogP contribution in [0.1, 0.15) is 54.4 Å². The summed E-state index contributed by atoms with van der Waals surface area (Å²) in [5.41, 5.74) is -0.247. The first-order valence-electron chi connectivity index (χ1n) is 7.71. The molecule has 21 heavy (non-hydrogen) atoms. The molecule has 1 aliphatic rings. The van der Waals surface area contributed by atoms with E-state index >= 15 is 0 Å². The van der Waals surface area contributed by atoms with Crippen LogP contribution in [-0.4, -0.2) is 41.1 Å². The van der Waals surface area contributed by atoms with E-state index in [1.54, 1.807) is 4.90 Å². The number of nitrogens with zero attached hydrogens (tertiary/aromatic N) is 1. The van der Waals surface area contributed by atoms with Crippen LogP contribution in [0.5, 0.6) is 0 Å². The van der Waals surface area contributed by atoms with Gasteiger partial charge in [0, 0.05) is 13.1 Å². The summed E-state index contributed by atoms with van der Waals surface area (Å²) in [6.45, 7) is 13.5. The molecule has 2 N–H and O–H groups in total. The Kier molecular flexibility index (Phi) is 5.29. The molecule has 5 nitrogen and oxygen atoms in total. The van der Waals surface area contributed by atoms with Crippen LogP contribution in [0.15, 0.2) is 0 Å². The fraction of sp³-hybridized carbons (Fsp3) is 0.875. The molecule has 1 aliphatic heterocycles. The van der Waals surface area contributed by atoms with Gasteiger partial charge in [0.1, 0.15) is 6.04 Å². The van der Waals surface area contributed by atoms with Crippen LogP contribution in [0.2, 0.25) is 0 Å². The third-order valence-corrected chi connectivity index (χ3v) is 4.39. The van der Waals surface area contributed by atoms with Crippen LogP contribution in [0.3, 0.4) is 0 Å². The lowest BCUT2D eigenvalue weighted by Crippen LogP contribution is -2.54. The van der Waals surface area contributed by atoms with Gasteiger partial charge in [-0.3, -0.25) is 0 Å². The number of carbonyl (C=O) groups excluding carboxylic acids is 1. The minimum atomic E-state index is -0.986. The van der Waals surface area contributed by atoms with Gasteiger partial charge in [0.05, 0.1) is 0 Å². The molecule has 1 fully saturated rings. The van der Waals surface area contributed by atoms with Gasteiger partial charge >= 0.3 is 12.0 Å². The number of hydrogen-bond acceptors (Lipinski definition) is 2. The molecule has 0 saturated carbocycles. The highest BCUT2D eigenvalue weighted by atomic mass is 16.4. The third kappa shape index (κ3) is 4.90. The van der Waals surface area contributed by atoms with E-state index in [4.69, 9.17) is 0 Å². The lowest BCUT2D eigenvalue weighted by molar-refractivity contribution is -0.142. The molecule has 1 atom stereocenters. The highest BCUT2D eigenvalue weighted by molar-refractivity contribution is 5.83. The molecule has 0 aromatic rings. The zero-order valence-corrected chi connectivity index (χ0v) is 14.2. The molecule has 1 rings (SSSR count). The van der Waals surface area contributed by atoms with Crippen LogP contribution in [0, 0.1) is 16.7 Å². The number of urea groups is 1. The van der Waals surface area contributed by atoms with Gasteiger partial charge < -0.3 is 15.3 Å². The summed E-state index contributed by atoms with van der Waals surface area (Å²) in [6, 6.07) is -1.13. The Morgan fingerprint density at radius 2 is 1.57 bits per heavy atom. The first kappa shape index (κ1) is 17.8. The Balaban J connectivity index is 2.60. The van der Waals surface area contributed by atoms with E-state index in [1.807, 2.05) is 20.8 Å². The van der Waals surface area contributed by atoms with Crippen molar-refractivity contribution >= 4 is 12.0 Å². The van der Waals surface area contributed by atoms with E-state index < -0.39 is 17.4 Å². The zero-order valence-electron chi connectivity index (χ0n) is 14.2. The normalized spacial score (nSPS) is 19.2. The summed E-state index contributed by atoms with van der Waals surface area (Å²) >= 11 is 0. The Morgan fingerprint density at radius 1 is 1.10 bits per heavy atom. The van der Waals surface area contributed by atoms with Gasteiger partial charge in [-0.2, -0.15) is 0 Å². The maximum atomic E-state index is 12.3. The topological polar surface area (TPSA) is 69.6 Å². The number of amides is 2. The Morgan fingerprint density at radius 3 is 1.90 bits per heavy atom. The zero-order chi connectivity index (χ0) is 16.4. The molecule has 1 unspecified atom stereocenters. The summed E-state index contributed by atoms with van der Waals surface area (Å²) in [7, 11) is 0. The van der Waals surface area contributed by atoms with Gasteiger partial charge in [0.15, 0.2) is 0 Å². The van der Waals surface area contributed by atoms with Crippen molar-refractivity contribution in [2.75, 3.05) is 13.1 Å². The molecular formula is C16H30N2O3. The summed E-state index contributed by atoms with van der Waals surface area (Å²) < 4.78 is 0. The molecular weight excluding hydrogens is 268 g/mol. The minimum absolute atomic E-state index is 0.260. The first-order chi connectivity index (χ1) is 9.43. The van der Waals surface area contributed by atoms with Crippen LogP contribution >= 0.6 is 0 Å². The number of carboxylic acids is 1. The quantitative estimate of drug-likeness (QED) is 0.823. The molecule has 0 bridgehead atoms. The molecule has 0 radical (unpaired) electrons. The number of piperidine rings is 1. The number of hydrogen-bond donors (Lipinski definition) is 2. The molecule has 5 heteroatoms. The SMILES string of the molecule is CC(C)(C)C1CCN(C(=O)NC(C(=O)O)C(C)(C)C)CC1. The van der Waals surface area contributed by atoms with E-state index in [2.05, 4.69) is 26.1 Å². The van der Waals surface area contributed by atoms with Crippen LogP contribution in [-0.2, 0) is 4.79 Å². The molecule has 1 saturated heterocycles. The highest BCUT2D eigenvalue weighted by Crippen LogP contribution is 2.34. The molecule has 122 valence electrons. The van der Waals surface area contributed by atoms with Gasteiger partial charge in [-0.1, -0.05) is 41.5 Å². The van der Waals surface area contributed by atoms with E-state index in [1.165, 1.54) is 0 Å². The van der Waals surface area contributed by atoms with Crippen molar-refractivity contribution in [1.82, 2.24) is 10.2 Å². The standard InChI is InChI=1S/C16H30N2O3/c1-15(2,3)11-7-9-18(10-8-11)14(21)17-12(13(19)20)16(4,5)6/h11-12H,7-10H2,1-6H3,(H,17,21)(H,19,20). The number of rotatable bonds is 2. The second kappa shape index (κ2) is 6.24. The van der Waals surface area contributed by atoms with Gasteiger partial charge in [0.2, 0.25) is 0 Å². The second-order valence-electron chi connectivity index (χ2n) is 8.21. The maximum Gasteiger partial charge on any atom is 0.326 e. The van der Waals surface area contributed by atoms with E-state index in [-0.39, 0.29) is 11.4 Å². The Labute approximate surface area is 128 Å². The van der Waals surface area contributed by atoms with Crippen molar-refractivity contribution < 1.29 is 14.7 Å². The van der Waals surface area contributed by atoms with Gasteiger partial charge in [-0.05, 0) is 29.6 Å². The van der Waals surface area contributed by atoms with Crippen molar-refractivity contribution in [3.8, 4) is 0 Å². The molecule has 1 heterocycles. The Bertz CT molecular complexity index is 385. The molecule has 0 aromatic carbocycles. The summed E-state index contributed by atoms with van der Waals surface area (Å²) in [5.74, 6) is -0.375. The molecule has 0 spiro atoms. The fourth-order valence-electron chi connectivity index (χ4n) is 2.81. The average molecular weight is 298 g/mol. The van der Waals surface area contributed by atoms with Gasteiger partial charge in [-0.25, -0.2) is 9.59 Å². The van der Waals surface area contributed by atoms with Crippen molar-refractivity contribution in [1.29, 1.82) is 0 Å². The number of carbonyl (C=O) groups is 2. The van der Waals surface area contributed by atoms with Crippen molar-refractivity contribution in [2.24, 2.45) is 16.7 Å². The minimum Gasteiger partial charge on any atom is -0.480 e. The molecule has 2 amide bonds. The average Bonchev–Trinajstić information content (AvgIpc) is 2.33. The monoisotopic (exact) mass is 298 g/mol. The van der Waals surface area contributed by atoms with Gasteiger partial charge in [-0.15, -0.1) is 0 Å². The highest BCUT2D eigenvalue weighted by Gasteiger charge is 2.35. The lowest BCUT2D eigenvalue weighted by Gasteiger charge is -2.39. The van der Waals surface area contributed by atoms with Crippen LogP contribution in [0.25, 0.3) is 0 Å². The van der Waals surface area contributed by atoms with E-state index in [0.717, 1.165) is 12.8 Å². The molecule has 0 aliphatic carbocycles. The lowest BCUT2D eigenvalue weighted by atomic mass is 9.75. The number of aliphatic carboxylic acids is 1. The number of carboxylic acid groups (broad SMARTS) is 1. The molecule has 0 aromatic heterocycles.